The predicted molar refractivity (Wildman–Crippen MR) is 80.8 cm³/mol. The number of nitrogens with one attached hydrogen (secondary N) is 1. The zero-order valence-corrected chi connectivity index (χ0v) is 12.6. The van der Waals surface area contributed by atoms with Crippen molar-refractivity contribution in [2.24, 2.45) is 5.73 Å². The molecule has 1 aromatic carbocycles. The Morgan fingerprint density at radius 2 is 2.32 bits per heavy atom. The fourth-order valence-corrected chi connectivity index (χ4v) is 2.66. The molecule has 1 aliphatic carbocycles. The Labute approximate surface area is 125 Å². The van der Waals surface area contributed by atoms with E-state index in [1.165, 1.54) is 5.56 Å². The lowest BCUT2D eigenvalue weighted by atomic mass is 10.1. The van der Waals surface area contributed by atoms with E-state index in [9.17, 15) is 4.79 Å². The van der Waals surface area contributed by atoms with Crippen LogP contribution in [0, 0.1) is 0 Å². The lowest BCUT2D eigenvalue weighted by molar-refractivity contribution is -0.122. The van der Waals surface area contributed by atoms with E-state index in [2.05, 4.69) is 5.32 Å². The molecule has 0 radical (unpaired) electrons. The quantitative estimate of drug-likeness (QED) is 0.898. The van der Waals surface area contributed by atoms with Gasteiger partial charge in [-0.05, 0) is 43.4 Å². The van der Waals surface area contributed by atoms with Crippen LogP contribution < -0.4 is 11.1 Å². The lowest BCUT2D eigenvalue weighted by Crippen LogP contribution is -2.28. The van der Waals surface area contributed by atoms with Gasteiger partial charge in [-0.25, -0.2) is 0 Å². The molecule has 0 spiro atoms. The van der Waals surface area contributed by atoms with Gasteiger partial charge in [0.15, 0.2) is 0 Å². The van der Waals surface area contributed by atoms with Gasteiger partial charge in [-0.3, -0.25) is 4.79 Å². The van der Waals surface area contributed by atoms with Crippen LogP contribution in [0.5, 0.6) is 0 Å². The highest BCUT2D eigenvalue weighted by Gasteiger charge is 2.25. The van der Waals surface area contributed by atoms with E-state index >= 15 is 0 Å². The van der Waals surface area contributed by atoms with Crippen LogP contribution >= 0.6 is 24.0 Å². The first kappa shape index (κ1) is 16.3. The van der Waals surface area contributed by atoms with Crippen molar-refractivity contribution in [3.63, 3.8) is 0 Å². The summed E-state index contributed by atoms with van der Waals surface area (Å²) in [7, 11) is 0. The van der Waals surface area contributed by atoms with Crippen LogP contribution in [0.1, 0.15) is 43.4 Å². The fraction of sp³-hybridized carbons (Fsp3) is 0.500. The predicted octanol–water partition coefficient (Wildman–Crippen LogP) is 2.99. The molecule has 0 heterocycles. The number of halogens is 2. The molecule has 0 fully saturated rings. The maximum atomic E-state index is 11.8. The largest absolute Gasteiger partial charge is 0.349 e. The average molecular weight is 303 g/mol. The van der Waals surface area contributed by atoms with E-state index in [1.54, 1.807) is 0 Å². The Kier molecular flexibility index (Phi) is 6.11. The molecule has 0 aromatic heterocycles. The van der Waals surface area contributed by atoms with Gasteiger partial charge in [0.25, 0.3) is 0 Å². The molecular weight excluding hydrogens is 283 g/mol. The van der Waals surface area contributed by atoms with Crippen LogP contribution in [0.15, 0.2) is 18.2 Å². The molecule has 2 unspecified atom stereocenters. The van der Waals surface area contributed by atoms with Crippen molar-refractivity contribution >= 4 is 29.9 Å². The number of carbonyl (C=O) groups excluding carboxylic acids is 1. The highest BCUT2D eigenvalue weighted by atomic mass is 35.5. The number of carbonyl (C=O) groups is 1. The van der Waals surface area contributed by atoms with E-state index in [4.69, 9.17) is 17.3 Å². The lowest BCUT2D eigenvalue weighted by Gasteiger charge is -2.14. The number of amides is 1. The first-order valence-corrected chi connectivity index (χ1v) is 6.78. The van der Waals surface area contributed by atoms with E-state index in [-0.39, 0.29) is 30.4 Å². The Balaban J connectivity index is 0.00000180. The highest BCUT2D eigenvalue weighted by Crippen LogP contribution is 2.35. The molecule has 0 saturated heterocycles. The molecule has 5 heteroatoms. The second-order valence-electron chi connectivity index (χ2n) is 4.98. The molecule has 0 bridgehead atoms. The number of nitrogens with two attached hydrogens (primary N) is 1. The molecule has 2 atom stereocenters. The highest BCUT2D eigenvalue weighted by molar-refractivity contribution is 6.31. The van der Waals surface area contributed by atoms with E-state index in [1.807, 2.05) is 25.1 Å². The third kappa shape index (κ3) is 4.10. The number of hydrogen-bond donors (Lipinski definition) is 2. The van der Waals surface area contributed by atoms with Gasteiger partial charge in [0.1, 0.15) is 0 Å². The van der Waals surface area contributed by atoms with Crippen LogP contribution in [0.25, 0.3) is 0 Å². The smallest absolute Gasteiger partial charge is 0.220 e. The summed E-state index contributed by atoms with van der Waals surface area (Å²) in [4.78, 5) is 11.8. The van der Waals surface area contributed by atoms with Gasteiger partial charge < -0.3 is 11.1 Å². The van der Waals surface area contributed by atoms with Crippen LogP contribution in [-0.2, 0) is 11.2 Å². The van der Waals surface area contributed by atoms with Gasteiger partial charge in [-0.1, -0.05) is 23.7 Å². The summed E-state index contributed by atoms with van der Waals surface area (Å²) in [5.74, 6) is 0.0742. The SMILES string of the molecule is CC(N)CCC(=O)NC1CCc2c(Cl)cccc21.Cl. The normalized spacial score (nSPS) is 18.4. The van der Waals surface area contributed by atoms with Gasteiger partial charge in [-0.15, -0.1) is 12.4 Å². The summed E-state index contributed by atoms with van der Waals surface area (Å²) < 4.78 is 0. The summed E-state index contributed by atoms with van der Waals surface area (Å²) >= 11 is 6.14. The van der Waals surface area contributed by atoms with E-state index in [0.717, 1.165) is 29.8 Å². The Morgan fingerprint density at radius 3 is 3.00 bits per heavy atom. The summed E-state index contributed by atoms with van der Waals surface area (Å²) in [5, 5.41) is 3.87. The summed E-state index contributed by atoms with van der Waals surface area (Å²) in [6.45, 7) is 1.91. The summed E-state index contributed by atoms with van der Waals surface area (Å²) in [6, 6.07) is 6.07. The Morgan fingerprint density at radius 1 is 1.58 bits per heavy atom. The second-order valence-corrected chi connectivity index (χ2v) is 5.39. The molecule has 1 aliphatic rings. The number of hydrogen-bond acceptors (Lipinski definition) is 2. The second kappa shape index (κ2) is 7.13. The molecule has 0 saturated carbocycles. The topological polar surface area (TPSA) is 55.1 Å². The maximum Gasteiger partial charge on any atom is 0.220 e. The summed E-state index contributed by atoms with van der Waals surface area (Å²) in [5.41, 5.74) is 7.99. The average Bonchev–Trinajstić information content (AvgIpc) is 2.72. The molecule has 1 amide bonds. The molecule has 1 aromatic rings. The Hall–Kier alpha value is -0.770. The minimum absolute atomic E-state index is 0. The third-order valence-corrected chi connectivity index (χ3v) is 3.73. The van der Waals surface area contributed by atoms with Gasteiger partial charge in [0, 0.05) is 17.5 Å². The maximum absolute atomic E-state index is 11.8. The number of rotatable bonds is 4. The van der Waals surface area contributed by atoms with Crippen LogP contribution in [0.2, 0.25) is 5.02 Å². The molecule has 19 heavy (non-hydrogen) atoms. The third-order valence-electron chi connectivity index (χ3n) is 3.38. The minimum atomic E-state index is 0. The van der Waals surface area contributed by atoms with Crippen molar-refractivity contribution in [3.05, 3.63) is 34.3 Å². The van der Waals surface area contributed by atoms with Gasteiger partial charge in [0.2, 0.25) is 5.91 Å². The molecule has 2 rings (SSSR count). The number of fused-ring (bicyclic) bond motifs is 1. The fourth-order valence-electron chi connectivity index (χ4n) is 2.38. The van der Waals surface area contributed by atoms with Gasteiger partial charge in [-0.2, -0.15) is 0 Å². The molecule has 3 N–H and O–H groups in total. The molecular formula is C14H20Cl2N2O. The summed E-state index contributed by atoms with van der Waals surface area (Å²) in [6.07, 6.45) is 3.08. The van der Waals surface area contributed by atoms with Crippen LogP contribution in [0.4, 0.5) is 0 Å². The van der Waals surface area contributed by atoms with Crippen molar-refractivity contribution in [2.75, 3.05) is 0 Å². The molecule has 0 aliphatic heterocycles. The van der Waals surface area contributed by atoms with Crippen molar-refractivity contribution in [3.8, 4) is 0 Å². The van der Waals surface area contributed by atoms with Crippen LogP contribution in [0.3, 0.4) is 0 Å². The van der Waals surface area contributed by atoms with Gasteiger partial charge >= 0.3 is 0 Å². The van der Waals surface area contributed by atoms with Crippen molar-refractivity contribution in [1.29, 1.82) is 0 Å². The standard InChI is InChI=1S/C14H19ClN2O.ClH/c1-9(16)5-8-14(18)17-13-7-6-10-11(13)3-2-4-12(10)15;/h2-4,9,13H,5-8,16H2,1H3,(H,17,18);1H. The molecule has 3 nitrogen and oxygen atoms in total. The molecule has 106 valence electrons. The monoisotopic (exact) mass is 302 g/mol. The van der Waals surface area contributed by atoms with E-state index < -0.39 is 0 Å². The number of benzene rings is 1. The van der Waals surface area contributed by atoms with Crippen molar-refractivity contribution in [2.45, 2.75) is 44.7 Å². The first-order valence-electron chi connectivity index (χ1n) is 6.40. The van der Waals surface area contributed by atoms with Crippen molar-refractivity contribution in [1.82, 2.24) is 5.32 Å². The first-order chi connectivity index (χ1) is 8.58. The van der Waals surface area contributed by atoms with Gasteiger partial charge in [0.05, 0.1) is 6.04 Å². The van der Waals surface area contributed by atoms with Crippen molar-refractivity contribution < 1.29 is 4.79 Å². The van der Waals surface area contributed by atoms with E-state index in [0.29, 0.717) is 6.42 Å². The minimum Gasteiger partial charge on any atom is -0.349 e. The Bertz CT molecular complexity index is 449. The zero-order valence-electron chi connectivity index (χ0n) is 11.0. The van der Waals surface area contributed by atoms with Crippen LogP contribution in [-0.4, -0.2) is 11.9 Å². The zero-order chi connectivity index (χ0) is 13.1.